The Hall–Kier alpha value is 0. The van der Waals surface area contributed by atoms with Crippen LogP contribution in [0.5, 0.6) is 0 Å². The zero-order chi connectivity index (χ0) is 7.78. The maximum absolute atomic E-state index is 4.23. The molecule has 1 saturated carbocycles. The van der Waals surface area contributed by atoms with Crippen molar-refractivity contribution in [1.29, 1.82) is 0 Å². The first-order chi connectivity index (χ1) is 4.54. The molecule has 59 valence electrons. The van der Waals surface area contributed by atoms with E-state index in [0.29, 0.717) is 11.3 Å². The molecule has 0 heterocycles. The van der Waals surface area contributed by atoms with Gasteiger partial charge in [-0.2, -0.15) is 0 Å². The first-order valence-corrected chi connectivity index (χ1v) is 4.37. The van der Waals surface area contributed by atoms with Crippen LogP contribution in [0.1, 0.15) is 40.0 Å². The lowest BCUT2D eigenvalue weighted by atomic mass is 9.65. The Morgan fingerprint density at radius 2 is 2.00 bits per heavy atom. The van der Waals surface area contributed by atoms with Gasteiger partial charge in [0.15, 0.2) is 0 Å². The third kappa shape index (κ3) is 1.36. The second-order valence-electron chi connectivity index (χ2n) is 4.46. The summed E-state index contributed by atoms with van der Waals surface area (Å²) in [6.45, 7) is 11.3. The van der Waals surface area contributed by atoms with E-state index < -0.39 is 0 Å². The van der Waals surface area contributed by atoms with Crippen molar-refractivity contribution in [3.63, 3.8) is 0 Å². The van der Waals surface area contributed by atoms with Crippen LogP contribution in [0.15, 0.2) is 0 Å². The summed E-state index contributed by atoms with van der Waals surface area (Å²) in [7, 11) is 0. The molecule has 0 spiro atoms. The topological polar surface area (TPSA) is 0 Å². The monoisotopic (exact) mass is 139 g/mol. The fraction of sp³-hybridized carbons (Fsp3) is 0.900. The molecule has 0 aromatic carbocycles. The Labute approximate surface area is 65.0 Å². The smallest absolute Gasteiger partial charge is 0.0323 e. The summed E-state index contributed by atoms with van der Waals surface area (Å²) in [4.78, 5) is 0. The van der Waals surface area contributed by atoms with Crippen LogP contribution in [0, 0.1) is 24.2 Å². The van der Waals surface area contributed by atoms with Crippen molar-refractivity contribution in [3.05, 3.63) is 6.92 Å². The predicted molar refractivity (Wildman–Crippen MR) is 45.6 cm³/mol. The molecule has 1 fully saturated rings. The molecule has 0 saturated heterocycles. The Bertz CT molecular complexity index is 113. The van der Waals surface area contributed by atoms with E-state index in [1.54, 1.807) is 0 Å². The van der Waals surface area contributed by atoms with Crippen LogP contribution in [-0.2, 0) is 0 Å². The second-order valence-corrected chi connectivity index (χ2v) is 4.46. The van der Waals surface area contributed by atoms with Crippen LogP contribution in [0.25, 0.3) is 0 Å². The molecule has 0 aliphatic heterocycles. The molecule has 1 radical (unpaired) electrons. The van der Waals surface area contributed by atoms with Crippen molar-refractivity contribution >= 4 is 0 Å². The highest BCUT2D eigenvalue weighted by Crippen LogP contribution is 2.42. The summed E-state index contributed by atoms with van der Waals surface area (Å²) >= 11 is 0. The molecule has 0 amide bonds. The van der Waals surface area contributed by atoms with Crippen LogP contribution < -0.4 is 0 Å². The highest BCUT2D eigenvalue weighted by molar-refractivity contribution is 4.87. The van der Waals surface area contributed by atoms with Gasteiger partial charge < -0.3 is 0 Å². The van der Waals surface area contributed by atoms with E-state index in [1.807, 2.05) is 0 Å². The van der Waals surface area contributed by atoms with Gasteiger partial charge in [-0.1, -0.05) is 33.6 Å². The SMILES string of the molecule is [CH2]C1C(C)CCCC1(C)C. The van der Waals surface area contributed by atoms with Crippen molar-refractivity contribution < 1.29 is 0 Å². The van der Waals surface area contributed by atoms with Gasteiger partial charge in [0.1, 0.15) is 0 Å². The van der Waals surface area contributed by atoms with Crippen molar-refractivity contribution in [3.8, 4) is 0 Å². The third-order valence-corrected chi connectivity index (χ3v) is 3.17. The molecular weight excluding hydrogens is 120 g/mol. The van der Waals surface area contributed by atoms with Gasteiger partial charge in [0.2, 0.25) is 0 Å². The first kappa shape index (κ1) is 8.10. The van der Waals surface area contributed by atoms with Gasteiger partial charge in [0.05, 0.1) is 0 Å². The highest BCUT2D eigenvalue weighted by Gasteiger charge is 2.33. The maximum atomic E-state index is 4.23. The molecule has 1 rings (SSSR count). The summed E-state index contributed by atoms with van der Waals surface area (Å²) in [5.74, 6) is 1.50. The van der Waals surface area contributed by atoms with Gasteiger partial charge in [0.25, 0.3) is 0 Å². The van der Waals surface area contributed by atoms with Crippen molar-refractivity contribution in [2.75, 3.05) is 0 Å². The minimum Gasteiger partial charge on any atom is -0.0622 e. The van der Waals surface area contributed by atoms with E-state index in [2.05, 4.69) is 27.7 Å². The lowest BCUT2D eigenvalue weighted by Crippen LogP contribution is -2.31. The van der Waals surface area contributed by atoms with Crippen LogP contribution >= 0.6 is 0 Å². The van der Waals surface area contributed by atoms with Gasteiger partial charge in [-0.15, -0.1) is 0 Å². The summed E-state index contributed by atoms with van der Waals surface area (Å²) in [6, 6.07) is 0. The summed E-state index contributed by atoms with van der Waals surface area (Å²) in [5.41, 5.74) is 0.498. The van der Waals surface area contributed by atoms with Crippen LogP contribution in [0.4, 0.5) is 0 Å². The molecule has 0 aromatic rings. The zero-order valence-corrected chi connectivity index (χ0v) is 7.48. The minimum absolute atomic E-state index is 0.498. The largest absolute Gasteiger partial charge is 0.0622 e. The Balaban J connectivity index is 2.60. The van der Waals surface area contributed by atoms with E-state index >= 15 is 0 Å². The van der Waals surface area contributed by atoms with Crippen LogP contribution in [-0.4, -0.2) is 0 Å². The molecule has 0 nitrogen and oxygen atoms in total. The van der Waals surface area contributed by atoms with Crippen LogP contribution in [0.3, 0.4) is 0 Å². The number of rotatable bonds is 0. The molecule has 0 aromatic heterocycles. The van der Waals surface area contributed by atoms with E-state index in [1.165, 1.54) is 19.3 Å². The zero-order valence-electron chi connectivity index (χ0n) is 7.48. The minimum atomic E-state index is 0.498. The van der Waals surface area contributed by atoms with Crippen molar-refractivity contribution in [2.24, 2.45) is 17.3 Å². The van der Waals surface area contributed by atoms with E-state index in [9.17, 15) is 0 Å². The van der Waals surface area contributed by atoms with Crippen molar-refractivity contribution in [1.82, 2.24) is 0 Å². The Kier molecular flexibility index (Phi) is 2.07. The fourth-order valence-corrected chi connectivity index (χ4v) is 2.04. The van der Waals surface area contributed by atoms with Gasteiger partial charge in [-0.25, -0.2) is 0 Å². The van der Waals surface area contributed by atoms with Gasteiger partial charge in [-0.3, -0.25) is 0 Å². The number of hydrogen-bond acceptors (Lipinski definition) is 0. The molecule has 1 aliphatic carbocycles. The average molecular weight is 139 g/mol. The standard InChI is InChI=1S/C10H19/c1-8-6-5-7-10(3,4)9(8)2/h8-9H,2,5-7H2,1,3-4H3. The number of hydrogen-bond donors (Lipinski definition) is 0. The lowest BCUT2D eigenvalue weighted by Gasteiger charge is -2.40. The molecule has 0 heteroatoms. The molecule has 1 aliphatic rings. The summed E-state index contributed by atoms with van der Waals surface area (Å²) in [6.07, 6.45) is 4.16. The molecule has 2 atom stereocenters. The van der Waals surface area contributed by atoms with Crippen molar-refractivity contribution in [2.45, 2.75) is 40.0 Å². The average Bonchev–Trinajstić information content (AvgIpc) is 1.83. The highest BCUT2D eigenvalue weighted by atomic mass is 14.4. The fourth-order valence-electron chi connectivity index (χ4n) is 2.04. The lowest BCUT2D eigenvalue weighted by molar-refractivity contribution is 0.120. The van der Waals surface area contributed by atoms with Gasteiger partial charge in [-0.05, 0) is 30.6 Å². The molecule has 0 bridgehead atoms. The summed E-state index contributed by atoms with van der Waals surface area (Å²) < 4.78 is 0. The molecule has 10 heavy (non-hydrogen) atoms. The van der Waals surface area contributed by atoms with E-state index in [-0.39, 0.29) is 0 Å². The molecule has 0 N–H and O–H groups in total. The quantitative estimate of drug-likeness (QED) is 0.483. The maximum Gasteiger partial charge on any atom is -0.0323 e. The summed E-state index contributed by atoms with van der Waals surface area (Å²) in [5, 5.41) is 0. The van der Waals surface area contributed by atoms with E-state index in [0.717, 1.165) is 5.92 Å². The molecule has 2 unspecified atom stereocenters. The van der Waals surface area contributed by atoms with E-state index in [4.69, 9.17) is 0 Å². The Morgan fingerprint density at radius 1 is 1.40 bits per heavy atom. The normalized spacial score (nSPS) is 39.6. The van der Waals surface area contributed by atoms with Gasteiger partial charge >= 0.3 is 0 Å². The first-order valence-electron chi connectivity index (χ1n) is 4.37. The van der Waals surface area contributed by atoms with Gasteiger partial charge in [0, 0.05) is 0 Å². The predicted octanol–water partition coefficient (Wildman–Crippen LogP) is 3.28. The third-order valence-electron chi connectivity index (χ3n) is 3.17. The Morgan fingerprint density at radius 3 is 2.40 bits per heavy atom. The second kappa shape index (κ2) is 2.56. The van der Waals surface area contributed by atoms with Crippen LogP contribution in [0.2, 0.25) is 0 Å². The molecular formula is C10H19.